The van der Waals surface area contributed by atoms with Gasteiger partial charge in [0.25, 0.3) is 0 Å². The first-order valence-corrected chi connectivity index (χ1v) is 14.2. The third kappa shape index (κ3) is 11.3. The van der Waals surface area contributed by atoms with E-state index in [9.17, 15) is 19.2 Å². The molecule has 41 heavy (non-hydrogen) atoms. The van der Waals surface area contributed by atoms with Crippen LogP contribution in [0.5, 0.6) is 5.75 Å². The molecule has 1 aliphatic heterocycles. The zero-order valence-corrected chi connectivity index (χ0v) is 24.3. The van der Waals surface area contributed by atoms with E-state index in [0.717, 1.165) is 44.1 Å². The van der Waals surface area contributed by atoms with Gasteiger partial charge in [-0.25, -0.2) is 0 Å². The third-order valence-corrected chi connectivity index (χ3v) is 7.07. The van der Waals surface area contributed by atoms with Gasteiger partial charge in [-0.1, -0.05) is 43.0 Å². The molecule has 3 amide bonds. The largest absolute Gasteiger partial charge is 0.497 e. The molecule has 2 heterocycles. The van der Waals surface area contributed by atoms with Gasteiger partial charge in [-0.3, -0.25) is 14.4 Å². The Hall–Kier alpha value is -3.73. The number of nitrogens with zero attached hydrogens (tertiary/aromatic N) is 1. The summed E-state index contributed by atoms with van der Waals surface area (Å²) in [5, 5.41) is 11.9. The molecule has 1 saturated heterocycles. The van der Waals surface area contributed by atoms with Crippen LogP contribution in [0.15, 0.2) is 34.9 Å². The van der Waals surface area contributed by atoms with Crippen LogP contribution >= 0.6 is 0 Å². The van der Waals surface area contributed by atoms with E-state index in [2.05, 4.69) is 28.0 Å². The summed E-state index contributed by atoms with van der Waals surface area (Å²) < 4.78 is 14.9. The van der Waals surface area contributed by atoms with E-state index in [1.807, 2.05) is 12.1 Å². The Kier molecular flexibility index (Phi) is 12.3. The third-order valence-electron chi connectivity index (χ3n) is 7.07. The molecular weight excluding hydrogens is 528 g/mol. The lowest BCUT2D eigenvalue weighted by molar-refractivity contribution is -0.132. The normalized spacial score (nSPS) is 18.2. The maximum atomic E-state index is 13.2. The molecule has 2 unspecified atom stereocenters. The van der Waals surface area contributed by atoms with Crippen LogP contribution in [0.2, 0.25) is 0 Å². The summed E-state index contributed by atoms with van der Waals surface area (Å²) in [5.41, 5.74) is 1.46. The standard InChI is InChI=1S/C27H36N4O6.C3H6O/c1-17-12-23(37-31-17)15-25(33)28-18(2)26(34)30-24(14-20-8-10-22(36-3)11-9-20)27(35)29-21(16-32)13-19-6-4-5-7-19;1-3-2-4-3/h8-12,16,18-19,21,24H,4-7,13-15H2,1-3H3,(H,28,33)(H,29,35)(H,30,34);3H,2H2,1H3/t18?,21-,24-;/m0./s1. The van der Waals surface area contributed by atoms with Gasteiger partial charge in [-0.05, 0) is 50.8 Å². The number of benzene rings is 1. The van der Waals surface area contributed by atoms with Gasteiger partial charge < -0.3 is 34.7 Å². The molecule has 0 spiro atoms. The topological polar surface area (TPSA) is 152 Å². The number of ether oxygens (including phenoxy) is 2. The van der Waals surface area contributed by atoms with Gasteiger partial charge in [0.2, 0.25) is 17.7 Å². The zero-order valence-electron chi connectivity index (χ0n) is 24.3. The van der Waals surface area contributed by atoms with E-state index in [4.69, 9.17) is 14.0 Å². The Morgan fingerprint density at radius 3 is 2.29 bits per heavy atom. The molecule has 1 aliphatic carbocycles. The molecule has 224 valence electrons. The van der Waals surface area contributed by atoms with Crippen molar-refractivity contribution in [2.75, 3.05) is 13.7 Å². The van der Waals surface area contributed by atoms with Gasteiger partial charge >= 0.3 is 0 Å². The highest BCUT2D eigenvalue weighted by atomic mass is 16.6. The molecule has 11 heteroatoms. The van der Waals surface area contributed by atoms with Crippen molar-refractivity contribution >= 4 is 24.0 Å². The van der Waals surface area contributed by atoms with Crippen LogP contribution in [0, 0.1) is 12.8 Å². The fraction of sp³-hybridized carbons (Fsp3) is 0.567. The Bertz CT molecular complexity index is 1140. The van der Waals surface area contributed by atoms with E-state index in [1.165, 1.54) is 6.92 Å². The number of carbonyl (C=O) groups excluding carboxylic acids is 4. The second-order valence-electron chi connectivity index (χ2n) is 10.8. The quantitative estimate of drug-likeness (QED) is 0.245. The number of methoxy groups -OCH3 is 1. The SMILES string of the molecule is CC1CO1.COc1ccc(C[C@H](NC(=O)C(C)NC(=O)Cc2cc(C)no2)C(=O)N[C@H](C=O)CC2CCCC2)cc1. The molecule has 4 rings (SSSR count). The van der Waals surface area contributed by atoms with Crippen LogP contribution in [0.3, 0.4) is 0 Å². The number of epoxide rings is 1. The van der Waals surface area contributed by atoms with Crippen LogP contribution in [0.25, 0.3) is 0 Å². The van der Waals surface area contributed by atoms with Crippen molar-refractivity contribution in [3.05, 3.63) is 47.3 Å². The molecule has 2 aromatic rings. The Morgan fingerprint density at radius 1 is 1.10 bits per heavy atom. The predicted molar refractivity (Wildman–Crippen MR) is 151 cm³/mol. The van der Waals surface area contributed by atoms with Gasteiger partial charge in [-0.2, -0.15) is 0 Å². The predicted octanol–water partition coefficient (Wildman–Crippen LogP) is 2.44. The van der Waals surface area contributed by atoms with Gasteiger partial charge in [0, 0.05) is 12.5 Å². The van der Waals surface area contributed by atoms with Crippen molar-refractivity contribution in [3.8, 4) is 5.75 Å². The van der Waals surface area contributed by atoms with Crippen molar-refractivity contribution in [1.29, 1.82) is 0 Å². The van der Waals surface area contributed by atoms with Gasteiger partial charge in [0.05, 0.1) is 38.0 Å². The number of amides is 3. The highest BCUT2D eigenvalue weighted by Gasteiger charge is 2.28. The van der Waals surface area contributed by atoms with E-state index >= 15 is 0 Å². The van der Waals surface area contributed by atoms with Gasteiger partial charge in [-0.15, -0.1) is 0 Å². The average Bonchev–Trinajstić information content (AvgIpc) is 3.37. The molecule has 0 bridgehead atoms. The molecule has 2 aliphatic rings. The lowest BCUT2D eigenvalue weighted by atomic mass is 9.98. The number of aromatic nitrogens is 1. The summed E-state index contributed by atoms with van der Waals surface area (Å²) in [7, 11) is 1.56. The number of carbonyl (C=O) groups is 4. The molecule has 4 atom stereocenters. The minimum Gasteiger partial charge on any atom is -0.497 e. The smallest absolute Gasteiger partial charge is 0.243 e. The molecule has 1 aromatic carbocycles. The van der Waals surface area contributed by atoms with Crippen molar-refractivity contribution in [3.63, 3.8) is 0 Å². The van der Waals surface area contributed by atoms with E-state index in [-0.39, 0.29) is 12.8 Å². The highest BCUT2D eigenvalue weighted by Crippen LogP contribution is 2.28. The summed E-state index contributed by atoms with van der Waals surface area (Å²) in [6, 6.07) is 6.36. The summed E-state index contributed by atoms with van der Waals surface area (Å²) in [4.78, 5) is 50.2. The zero-order chi connectivity index (χ0) is 29.8. The Morgan fingerprint density at radius 2 is 1.76 bits per heavy atom. The summed E-state index contributed by atoms with van der Waals surface area (Å²) in [6.07, 6.45) is 6.46. The summed E-state index contributed by atoms with van der Waals surface area (Å²) in [6.45, 7) is 6.33. The Labute approximate surface area is 241 Å². The molecular formula is C30H42N4O7. The molecule has 1 saturated carbocycles. The first-order valence-electron chi connectivity index (χ1n) is 14.2. The second-order valence-corrected chi connectivity index (χ2v) is 10.8. The molecule has 2 fully saturated rings. The van der Waals surface area contributed by atoms with Gasteiger partial charge in [0.15, 0.2) is 0 Å². The molecule has 3 N–H and O–H groups in total. The van der Waals surface area contributed by atoms with Crippen LogP contribution in [-0.4, -0.2) is 67.1 Å². The van der Waals surface area contributed by atoms with Crippen LogP contribution in [-0.2, 0) is 36.8 Å². The highest BCUT2D eigenvalue weighted by molar-refractivity contribution is 5.93. The lowest BCUT2D eigenvalue weighted by Gasteiger charge is -2.24. The minimum atomic E-state index is -0.941. The van der Waals surface area contributed by atoms with Gasteiger partial charge in [0.1, 0.15) is 29.9 Å². The number of rotatable bonds is 13. The number of aldehydes is 1. The van der Waals surface area contributed by atoms with E-state index < -0.39 is 35.8 Å². The molecule has 0 radical (unpaired) electrons. The van der Waals surface area contributed by atoms with Crippen molar-refractivity contribution < 1.29 is 33.2 Å². The maximum Gasteiger partial charge on any atom is 0.243 e. The second kappa shape index (κ2) is 15.9. The molecule has 11 nitrogen and oxygen atoms in total. The summed E-state index contributed by atoms with van der Waals surface area (Å²) >= 11 is 0. The first-order chi connectivity index (χ1) is 19.7. The van der Waals surface area contributed by atoms with Crippen LogP contribution in [0.1, 0.15) is 63.0 Å². The number of aryl methyl sites for hydroxylation is 1. The van der Waals surface area contributed by atoms with E-state index in [0.29, 0.717) is 35.6 Å². The average molecular weight is 571 g/mol. The fourth-order valence-electron chi connectivity index (χ4n) is 4.65. The van der Waals surface area contributed by atoms with Crippen LogP contribution in [0.4, 0.5) is 0 Å². The Balaban J connectivity index is 0.00000106. The number of hydrogen-bond acceptors (Lipinski definition) is 8. The monoisotopic (exact) mass is 570 g/mol. The number of nitrogens with one attached hydrogen (secondary N) is 3. The maximum absolute atomic E-state index is 13.2. The van der Waals surface area contributed by atoms with Crippen molar-refractivity contribution in [1.82, 2.24) is 21.1 Å². The minimum absolute atomic E-state index is 0.0591. The molecule has 1 aromatic heterocycles. The number of hydrogen-bond donors (Lipinski definition) is 3. The first kappa shape index (κ1) is 31.8. The lowest BCUT2D eigenvalue weighted by Crippen LogP contribution is -2.55. The van der Waals surface area contributed by atoms with Crippen molar-refractivity contribution in [2.24, 2.45) is 5.92 Å². The van der Waals surface area contributed by atoms with Crippen molar-refractivity contribution in [2.45, 2.75) is 89.9 Å². The summed E-state index contributed by atoms with van der Waals surface area (Å²) in [5.74, 6) is 0.0939. The van der Waals surface area contributed by atoms with E-state index in [1.54, 1.807) is 32.2 Å². The van der Waals surface area contributed by atoms with Crippen LogP contribution < -0.4 is 20.7 Å². The fourth-order valence-corrected chi connectivity index (χ4v) is 4.65.